The van der Waals surface area contributed by atoms with Crippen molar-refractivity contribution in [1.29, 1.82) is 0 Å². The summed E-state index contributed by atoms with van der Waals surface area (Å²) in [6, 6.07) is 5.61. The van der Waals surface area contributed by atoms with Crippen molar-refractivity contribution in [2.75, 3.05) is 0 Å². The van der Waals surface area contributed by atoms with Gasteiger partial charge in [0.05, 0.1) is 0 Å². The number of aromatic nitrogens is 1. The summed E-state index contributed by atoms with van der Waals surface area (Å²) in [6.45, 7) is 3.66. The molecule has 0 aliphatic heterocycles. The first-order valence-corrected chi connectivity index (χ1v) is 5.24. The van der Waals surface area contributed by atoms with Crippen LogP contribution in [0.1, 0.15) is 11.1 Å². The van der Waals surface area contributed by atoms with E-state index in [1.807, 2.05) is 13.0 Å². The van der Waals surface area contributed by atoms with Crippen LogP contribution in [0.15, 0.2) is 24.3 Å². The van der Waals surface area contributed by atoms with Crippen molar-refractivity contribution in [1.82, 2.24) is 4.98 Å². The molecule has 2 aromatic rings. The number of hydrogen-bond donors (Lipinski definition) is 0. The van der Waals surface area contributed by atoms with Crippen LogP contribution in [-0.4, -0.2) is 4.98 Å². The second-order valence-electron chi connectivity index (χ2n) is 3.92. The minimum absolute atomic E-state index is 0.345. The Balaban J connectivity index is 2.37. The first-order chi connectivity index (χ1) is 8.47. The SMILES string of the molecule is Cc1ccc(Oc2nc(F)c(F)cc2F)c(C)c1. The van der Waals surface area contributed by atoms with Crippen molar-refractivity contribution in [2.45, 2.75) is 13.8 Å². The molecule has 0 saturated carbocycles. The van der Waals surface area contributed by atoms with Gasteiger partial charge in [0.2, 0.25) is 0 Å². The Labute approximate surface area is 102 Å². The van der Waals surface area contributed by atoms with E-state index >= 15 is 0 Å². The number of pyridine rings is 1. The topological polar surface area (TPSA) is 22.1 Å². The third kappa shape index (κ3) is 2.45. The molecule has 18 heavy (non-hydrogen) atoms. The summed E-state index contributed by atoms with van der Waals surface area (Å²) in [7, 11) is 0. The van der Waals surface area contributed by atoms with Crippen molar-refractivity contribution in [3.05, 3.63) is 53.0 Å². The summed E-state index contributed by atoms with van der Waals surface area (Å²) in [6.07, 6.45) is 0. The van der Waals surface area contributed by atoms with E-state index < -0.39 is 23.5 Å². The molecule has 0 bridgehead atoms. The number of nitrogens with zero attached hydrogens (tertiary/aromatic N) is 1. The highest BCUT2D eigenvalue weighted by atomic mass is 19.2. The average Bonchev–Trinajstić information content (AvgIpc) is 2.29. The van der Waals surface area contributed by atoms with Gasteiger partial charge in [-0.05, 0) is 25.5 Å². The maximum atomic E-state index is 13.3. The highest BCUT2D eigenvalue weighted by molar-refractivity contribution is 5.38. The molecule has 2 rings (SSSR count). The van der Waals surface area contributed by atoms with E-state index in [9.17, 15) is 13.2 Å². The average molecular weight is 253 g/mol. The molecule has 0 saturated heterocycles. The van der Waals surface area contributed by atoms with Crippen LogP contribution in [0.3, 0.4) is 0 Å². The van der Waals surface area contributed by atoms with E-state index in [-0.39, 0.29) is 0 Å². The summed E-state index contributed by atoms with van der Waals surface area (Å²) in [5.74, 6) is -4.02. The predicted molar refractivity (Wildman–Crippen MR) is 60.1 cm³/mol. The van der Waals surface area contributed by atoms with Crippen molar-refractivity contribution >= 4 is 0 Å². The summed E-state index contributed by atoms with van der Waals surface area (Å²) >= 11 is 0. The van der Waals surface area contributed by atoms with Gasteiger partial charge in [-0.1, -0.05) is 17.7 Å². The lowest BCUT2D eigenvalue weighted by atomic mass is 10.1. The van der Waals surface area contributed by atoms with Gasteiger partial charge in [0.1, 0.15) is 5.75 Å². The van der Waals surface area contributed by atoms with Gasteiger partial charge in [-0.15, -0.1) is 0 Å². The molecule has 0 amide bonds. The second kappa shape index (κ2) is 4.68. The van der Waals surface area contributed by atoms with E-state index in [0.29, 0.717) is 11.8 Å². The lowest BCUT2D eigenvalue weighted by Gasteiger charge is -2.09. The molecule has 1 aromatic carbocycles. The molecule has 1 heterocycles. The predicted octanol–water partition coefficient (Wildman–Crippen LogP) is 3.91. The van der Waals surface area contributed by atoms with Crippen LogP contribution in [-0.2, 0) is 0 Å². The third-order valence-corrected chi connectivity index (χ3v) is 2.39. The number of benzene rings is 1. The zero-order valence-electron chi connectivity index (χ0n) is 9.80. The Morgan fingerprint density at radius 1 is 1.00 bits per heavy atom. The Morgan fingerprint density at radius 3 is 2.39 bits per heavy atom. The number of rotatable bonds is 2. The molecular formula is C13H10F3NO. The Hall–Kier alpha value is -2.04. The molecule has 0 atom stereocenters. The van der Waals surface area contributed by atoms with Gasteiger partial charge in [-0.2, -0.15) is 9.37 Å². The fourth-order valence-corrected chi connectivity index (χ4v) is 1.52. The fraction of sp³-hybridized carbons (Fsp3) is 0.154. The van der Waals surface area contributed by atoms with Gasteiger partial charge < -0.3 is 4.74 Å². The van der Waals surface area contributed by atoms with Crippen LogP contribution in [0.2, 0.25) is 0 Å². The smallest absolute Gasteiger partial charge is 0.258 e. The van der Waals surface area contributed by atoms with Crippen LogP contribution in [0, 0.1) is 31.4 Å². The highest BCUT2D eigenvalue weighted by Crippen LogP contribution is 2.26. The van der Waals surface area contributed by atoms with E-state index in [1.54, 1.807) is 19.1 Å². The van der Waals surface area contributed by atoms with E-state index in [0.717, 1.165) is 11.1 Å². The lowest BCUT2D eigenvalue weighted by molar-refractivity contribution is 0.385. The van der Waals surface area contributed by atoms with Crippen LogP contribution < -0.4 is 4.74 Å². The number of hydrogen-bond acceptors (Lipinski definition) is 2. The molecule has 0 aliphatic carbocycles. The Bertz CT molecular complexity index is 599. The molecule has 0 N–H and O–H groups in total. The monoisotopic (exact) mass is 253 g/mol. The van der Waals surface area contributed by atoms with Gasteiger partial charge in [0.25, 0.3) is 11.8 Å². The van der Waals surface area contributed by atoms with Crippen LogP contribution in [0.4, 0.5) is 13.2 Å². The standard InChI is InChI=1S/C13H10F3NO/c1-7-3-4-11(8(2)5-7)18-13-10(15)6-9(14)12(16)17-13/h3-6H,1-2H3. The van der Waals surface area contributed by atoms with Crippen molar-refractivity contribution in [3.63, 3.8) is 0 Å². The Morgan fingerprint density at radius 2 is 1.72 bits per heavy atom. The maximum Gasteiger partial charge on any atom is 0.258 e. The lowest BCUT2D eigenvalue weighted by Crippen LogP contribution is -1.99. The van der Waals surface area contributed by atoms with Crippen LogP contribution in [0.25, 0.3) is 0 Å². The molecule has 0 radical (unpaired) electrons. The van der Waals surface area contributed by atoms with E-state index in [4.69, 9.17) is 4.74 Å². The molecule has 0 fully saturated rings. The minimum Gasteiger partial charge on any atom is -0.436 e. The normalized spacial score (nSPS) is 10.5. The number of aryl methyl sites for hydroxylation is 2. The van der Waals surface area contributed by atoms with E-state index in [1.165, 1.54) is 0 Å². The van der Waals surface area contributed by atoms with Crippen molar-refractivity contribution in [3.8, 4) is 11.6 Å². The molecule has 94 valence electrons. The van der Waals surface area contributed by atoms with Gasteiger partial charge in [-0.25, -0.2) is 8.78 Å². The highest BCUT2D eigenvalue weighted by Gasteiger charge is 2.14. The largest absolute Gasteiger partial charge is 0.436 e. The quantitative estimate of drug-likeness (QED) is 0.757. The minimum atomic E-state index is -1.39. The molecule has 0 aliphatic rings. The van der Waals surface area contributed by atoms with Crippen LogP contribution >= 0.6 is 0 Å². The summed E-state index contributed by atoms with van der Waals surface area (Å²) < 4.78 is 44.1. The maximum absolute atomic E-state index is 13.3. The summed E-state index contributed by atoms with van der Waals surface area (Å²) in [5, 5.41) is 0. The van der Waals surface area contributed by atoms with Gasteiger partial charge >= 0.3 is 0 Å². The molecular weight excluding hydrogens is 243 g/mol. The molecule has 5 heteroatoms. The van der Waals surface area contributed by atoms with Gasteiger partial charge in [0.15, 0.2) is 11.6 Å². The first-order valence-electron chi connectivity index (χ1n) is 5.24. The molecule has 0 spiro atoms. The van der Waals surface area contributed by atoms with Crippen molar-refractivity contribution < 1.29 is 17.9 Å². The zero-order valence-corrected chi connectivity index (χ0v) is 9.80. The molecule has 2 nitrogen and oxygen atoms in total. The molecule has 1 aromatic heterocycles. The molecule has 0 unspecified atom stereocenters. The van der Waals surface area contributed by atoms with Gasteiger partial charge in [-0.3, -0.25) is 0 Å². The second-order valence-corrected chi connectivity index (χ2v) is 3.92. The van der Waals surface area contributed by atoms with Gasteiger partial charge in [0, 0.05) is 6.07 Å². The summed E-state index contributed by atoms with van der Waals surface area (Å²) in [4.78, 5) is 3.09. The number of halogens is 3. The van der Waals surface area contributed by atoms with Crippen molar-refractivity contribution in [2.24, 2.45) is 0 Å². The number of ether oxygens (including phenoxy) is 1. The zero-order chi connectivity index (χ0) is 13.3. The Kier molecular flexibility index (Phi) is 3.23. The van der Waals surface area contributed by atoms with Crippen LogP contribution in [0.5, 0.6) is 11.6 Å². The van der Waals surface area contributed by atoms with E-state index in [2.05, 4.69) is 4.98 Å². The third-order valence-electron chi connectivity index (χ3n) is 2.39. The summed E-state index contributed by atoms with van der Waals surface area (Å²) in [5.41, 5.74) is 1.76. The first kappa shape index (κ1) is 12.4. The fourth-order valence-electron chi connectivity index (χ4n) is 1.52.